The Labute approximate surface area is 134 Å². The molecule has 0 aliphatic heterocycles. The molecule has 0 bridgehead atoms. The third-order valence-electron chi connectivity index (χ3n) is 3.57. The fraction of sp³-hybridized carbons (Fsp3) is 0.235. The Morgan fingerprint density at radius 1 is 1.26 bits per heavy atom. The van der Waals surface area contributed by atoms with Gasteiger partial charge >= 0.3 is 0 Å². The number of amides is 1. The maximum absolute atomic E-state index is 12.4. The molecule has 0 saturated carbocycles. The van der Waals surface area contributed by atoms with Gasteiger partial charge in [0.05, 0.1) is 11.0 Å². The Morgan fingerprint density at radius 3 is 2.57 bits per heavy atom. The molecule has 120 valence electrons. The van der Waals surface area contributed by atoms with Crippen LogP contribution in [0.2, 0.25) is 0 Å². The zero-order valence-corrected chi connectivity index (χ0v) is 12.9. The van der Waals surface area contributed by atoms with Crippen molar-refractivity contribution in [2.45, 2.75) is 25.8 Å². The van der Waals surface area contributed by atoms with Crippen molar-refractivity contribution in [3.05, 3.63) is 69.8 Å². The largest absolute Gasteiger partial charge is 0.393 e. The summed E-state index contributed by atoms with van der Waals surface area (Å²) in [6.45, 7) is 2.04. The molecule has 0 aromatic heterocycles. The monoisotopic (exact) mass is 313 g/mol. The predicted octanol–water partition coefficient (Wildman–Crippen LogP) is 3.45. The highest BCUT2D eigenvalue weighted by atomic mass is 16.6. The topological polar surface area (TPSA) is 98.3 Å². The van der Waals surface area contributed by atoms with E-state index >= 15 is 0 Å². The van der Waals surface area contributed by atoms with Crippen LogP contribution in [0.15, 0.2) is 48.5 Å². The normalized spacial score (nSPS) is 11.7. The number of nitro benzene ring substituents is 1. The van der Waals surface area contributed by atoms with Crippen LogP contribution >= 0.6 is 0 Å². The molecule has 6 nitrogen and oxygen atoms in total. The molecule has 2 aromatic rings. The first-order chi connectivity index (χ1) is 11.0. The number of hydrogen-bond donors (Lipinski definition) is 2. The molecule has 6 heteroatoms. The third kappa shape index (κ3) is 4.06. The van der Waals surface area contributed by atoms with E-state index in [1.807, 2.05) is 37.3 Å². The summed E-state index contributed by atoms with van der Waals surface area (Å²) < 4.78 is 0. The molecule has 2 aromatic carbocycles. The smallest absolute Gasteiger partial charge is 0.292 e. The number of nitrogen functional groups attached to an aromatic ring is 1. The molecule has 0 spiro atoms. The molecule has 1 unspecified atom stereocenters. The number of nitrogens with zero attached hydrogens (tertiary/aromatic N) is 1. The number of rotatable bonds is 6. The Balaban J connectivity index is 2.22. The molecule has 0 fully saturated rings. The summed E-state index contributed by atoms with van der Waals surface area (Å²) in [5, 5.41) is 13.9. The van der Waals surface area contributed by atoms with Gasteiger partial charge in [-0.2, -0.15) is 0 Å². The zero-order chi connectivity index (χ0) is 16.8. The molecular formula is C17H19N3O3. The molecule has 0 heterocycles. The van der Waals surface area contributed by atoms with Crippen molar-refractivity contribution in [2.24, 2.45) is 0 Å². The molecule has 1 atom stereocenters. The van der Waals surface area contributed by atoms with Gasteiger partial charge in [-0.3, -0.25) is 14.9 Å². The van der Waals surface area contributed by atoms with E-state index in [1.54, 1.807) is 0 Å². The first kappa shape index (κ1) is 16.5. The first-order valence-corrected chi connectivity index (χ1v) is 7.42. The fourth-order valence-electron chi connectivity index (χ4n) is 2.38. The highest BCUT2D eigenvalue weighted by Crippen LogP contribution is 2.24. The maximum Gasteiger partial charge on any atom is 0.292 e. The Bertz CT molecular complexity index is 701. The summed E-state index contributed by atoms with van der Waals surface area (Å²) >= 11 is 0. The van der Waals surface area contributed by atoms with E-state index in [0.29, 0.717) is 0 Å². The van der Waals surface area contributed by atoms with Crippen LogP contribution in [-0.4, -0.2) is 10.8 Å². The lowest BCUT2D eigenvalue weighted by molar-refractivity contribution is -0.383. The highest BCUT2D eigenvalue weighted by molar-refractivity contribution is 5.95. The molecule has 1 amide bonds. The van der Waals surface area contributed by atoms with Crippen molar-refractivity contribution in [3.63, 3.8) is 0 Å². The van der Waals surface area contributed by atoms with E-state index in [9.17, 15) is 14.9 Å². The summed E-state index contributed by atoms with van der Waals surface area (Å²) in [4.78, 5) is 22.8. The number of carbonyl (C=O) groups excluding carboxylic acids is 1. The minimum atomic E-state index is -0.590. The van der Waals surface area contributed by atoms with E-state index in [-0.39, 0.29) is 28.9 Å². The van der Waals surface area contributed by atoms with Crippen LogP contribution < -0.4 is 11.1 Å². The van der Waals surface area contributed by atoms with Gasteiger partial charge < -0.3 is 11.1 Å². The number of nitro groups is 1. The number of nitrogens with two attached hydrogens (primary N) is 1. The average Bonchev–Trinajstić information content (AvgIpc) is 2.55. The molecule has 2 rings (SSSR count). The molecule has 0 saturated heterocycles. The summed E-state index contributed by atoms with van der Waals surface area (Å²) in [6.07, 6.45) is 1.69. The van der Waals surface area contributed by atoms with E-state index < -0.39 is 4.92 Å². The Kier molecular flexibility index (Phi) is 5.30. The van der Waals surface area contributed by atoms with Crippen LogP contribution in [0, 0.1) is 10.1 Å². The summed E-state index contributed by atoms with van der Waals surface area (Å²) in [7, 11) is 0. The number of anilines is 1. The molecular weight excluding hydrogens is 294 g/mol. The fourth-order valence-corrected chi connectivity index (χ4v) is 2.38. The van der Waals surface area contributed by atoms with Gasteiger partial charge in [-0.15, -0.1) is 0 Å². The molecule has 3 N–H and O–H groups in total. The lowest BCUT2D eigenvalue weighted by atomic mass is 10.0. The van der Waals surface area contributed by atoms with E-state index in [2.05, 4.69) is 5.32 Å². The minimum absolute atomic E-state index is 0.0414. The van der Waals surface area contributed by atoms with Gasteiger partial charge in [0.2, 0.25) is 0 Å². The first-order valence-electron chi connectivity index (χ1n) is 7.42. The van der Waals surface area contributed by atoms with Crippen molar-refractivity contribution in [3.8, 4) is 0 Å². The molecule has 0 aliphatic carbocycles. The quantitative estimate of drug-likeness (QED) is 0.485. The van der Waals surface area contributed by atoms with Crippen molar-refractivity contribution in [1.29, 1.82) is 0 Å². The second kappa shape index (κ2) is 7.40. The van der Waals surface area contributed by atoms with Gasteiger partial charge in [-0.05, 0) is 24.1 Å². The van der Waals surface area contributed by atoms with Crippen LogP contribution in [0.4, 0.5) is 11.4 Å². The Morgan fingerprint density at radius 2 is 1.96 bits per heavy atom. The van der Waals surface area contributed by atoms with Crippen molar-refractivity contribution < 1.29 is 9.72 Å². The lowest BCUT2D eigenvalue weighted by Gasteiger charge is -2.18. The predicted molar refractivity (Wildman–Crippen MR) is 89.1 cm³/mol. The summed E-state index contributed by atoms with van der Waals surface area (Å²) in [5.74, 6) is -0.351. The van der Waals surface area contributed by atoms with Gasteiger partial charge in [-0.25, -0.2) is 0 Å². The van der Waals surface area contributed by atoms with Crippen molar-refractivity contribution in [2.75, 3.05) is 5.73 Å². The van der Waals surface area contributed by atoms with Gasteiger partial charge in [0.1, 0.15) is 5.69 Å². The SMILES string of the molecule is CCCC(NC(=O)c1ccc(N)c([N+](=O)[O-])c1)c1ccccc1. The molecule has 23 heavy (non-hydrogen) atoms. The van der Waals surface area contributed by atoms with Gasteiger partial charge in [-0.1, -0.05) is 43.7 Å². The van der Waals surface area contributed by atoms with Gasteiger partial charge in [0.15, 0.2) is 0 Å². The average molecular weight is 313 g/mol. The second-order valence-corrected chi connectivity index (χ2v) is 5.26. The molecule has 0 aliphatic rings. The van der Waals surface area contributed by atoms with Crippen LogP contribution in [-0.2, 0) is 0 Å². The van der Waals surface area contributed by atoms with E-state index in [4.69, 9.17) is 5.73 Å². The third-order valence-corrected chi connectivity index (χ3v) is 3.57. The lowest BCUT2D eigenvalue weighted by Crippen LogP contribution is -2.28. The van der Waals surface area contributed by atoms with Crippen LogP contribution in [0.3, 0.4) is 0 Å². The standard InChI is InChI=1S/C17H19N3O3/c1-2-6-15(12-7-4-3-5-8-12)19-17(21)13-9-10-14(18)16(11-13)20(22)23/h3-5,7-11,15H,2,6,18H2,1H3,(H,19,21). The molecule has 0 radical (unpaired) electrons. The zero-order valence-electron chi connectivity index (χ0n) is 12.9. The number of carbonyl (C=O) groups is 1. The Hall–Kier alpha value is -2.89. The maximum atomic E-state index is 12.4. The summed E-state index contributed by atoms with van der Waals surface area (Å²) in [6, 6.07) is 13.6. The number of benzene rings is 2. The van der Waals surface area contributed by atoms with Crippen molar-refractivity contribution >= 4 is 17.3 Å². The van der Waals surface area contributed by atoms with E-state index in [0.717, 1.165) is 18.4 Å². The van der Waals surface area contributed by atoms with Crippen molar-refractivity contribution in [1.82, 2.24) is 5.32 Å². The van der Waals surface area contributed by atoms with Gasteiger partial charge in [0, 0.05) is 11.6 Å². The van der Waals surface area contributed by atoms with Gasteiger partial charge in [0.25, 0.3) is 11.6 Å². The number of hydrogen-bond acceptors (Lipinski definition) is 4. The van der Waals surface area contributed by atoms with Crippen LogP contribution in [0.1, 0.15) is 41.7 Å². The highest BCUT2D eigenvalue weighted by Gasteiger charge is 2.18. The summed E-state index contributed by atoms with van der Waals surface area (Å²) in [5.41, 5.74) is 6.57. The number of nitrogens with one attached hydrogen (secondary N) is 1. The van der Waals surface area contributed by atoms with E-state index in [1.165, 1.54) is 18.2 Å². The minimum Gasteiger partial charge on any atom is -0.393 e. The second-order valence-electron chi connectivity index (χ2n) is 5.26. The van der Waals surface area contributed by atoms with Crippen LogP contribution in [0.5, 0.6) is 0 Å². The van der Waals surface area contributed by atoms with Crippen LogP contribution in [0.25, 0.3) is 0 Å².